The molecule has 0 spiro atoms. The topological polar surface area (TPSA) is 88.0 Å². The molecule has 17 heavy (non-hydrogen) atoms. The largest absolute Gasteiger partial charge is 0.360 e. The van der Waals surface area contributed by atoms with Crippen molar-refractivity contribution in [2.24, 2.45) is 5.84 Å². The quantitative estimate of drug-likeness (QED) is 0.384. The Kier molecular flexibility index (Phi) is 2.69. The smallest absolute Gasteiger partial charge is 0.270 e. The minimum atomic E-state index is -0.590. The van der Waals surface area contributed by atoms with E-state index < -0.39 is 5.91 Å². The number of aromatic amines is 1. The number of aryl methyl sites for hydroxylation is 2. The van der Waals surface area contributed by atoms with Crippen LogP contribution in [-0.2, 0) is 0 Å². The van der Waals surface area contributed by atoms with Gasteiger partial charge in [0.2, 0.25) is 5.43 Å². The van der Waals surface area contributed by atoms with Crippen LogP contribution in [0, 0.1) is 13.8 Å². The molecule has 1 aromatic carbocycles. The lowest BCUT2D eigenvalue weighted by molar-refractivity contribution is 0.0952. The number of pyridine rings is 1. The van der Waals surface area contributed by atoms with E-state index in [1.165, 1.54) is 6.20 Å². The highest BCUT2D eigenvalue weighted by Gasteiger charge is 2.13. The van der Waals surface area contributed by atoms with Crippen molar-refractivity contribution in [1.82, 2.24) is 10.4 Å². The molecule has 0 radical (unpaired) electrons. The summed E-state index contributed by atoms with van der Waals surface area (Å²) in [6.07, 6.45) is 1.38. The number of carbonyl (C=O) groups is 1. The fraction of sp³-hybridized carbons (Fsp3) is 0.167. The molecule has 0 bridgehead atoms. The lowest BCUT2D eigenvalue weighted by Crippen LogP contribution is -2.34. The first-order valence-electron chi connectivity index (χ1n) is 5.18. The average Bonchev–Trinajstić information content (AvgIpc) is 2.27. The van der Waals surface area contributed by atoms with Crippen LogP contribution in [0.2, 0.25) is 0 Å². The third-order valence-electron chi connectivity index (χ3n) is 2.70. The van der Waals surface area contributed by atoms with Crippen molar-refractivity contribution in [3.63, 3.8) is 0 Å². The van der Waals surface area contributed by atoms with Crippen LogP contribution in [0.15, 0.2) is 23.1 Å². The monoisotopic (exact) mass is 231 g/mol. The number of carbonyl (C=O) groups excluding carboxylic acids is 1. The second-order valence-electron chi connectivity index (χ2n) is 4.01. The Morgan fingerprint density at radius 2 is 2.06 bits per heavy atom. The summed E-state index contributed by atoms with van der Waals surface area (Å²) in [7, 11) is 0. The van der Waals surface area contributed by atoms with Crippen LogP contribution in [0.3, 0.4) is 0 Å². The van der Waals surface area contributed by atoms with Crippen molar-refractivity contribution in [2.75, 3.05) is 0 Å². The van der Waals surface area contributed by atoms with E-state index in [1.54, 1.807) is 0 Å². The fourth-order valence-electron chi connectivity index (χ4n) is 1.98. The van der Waals surface area contributed by atoms with E-state index in [2.05, 4.69) is 4.98 Å². The van der Waals surface area contributed by atoms with Crippen LogP contribution < -0.4 is 16.7 Å². The Labute approximate surface area is 97.6 Å². The number of amides is 1. The van der Waals surface area contributed by atoms with Gasteiger partial charge in [-0.05, 0) is 31.0 Å². The molecule has 0 saturated heterocycles. The van der Waals surface area contributed by atoms with Crippen LogP contribution in [0.5, 0.6) is 0 Å². The highest BCUT2D eigenvalue weighted by atomic mass is 16.2. The van der Waals surface area contributed by atoms with E-state index in [0.29, 0.717) is 5.39 Å². The van der Waals surface area contributed by atoms with E-state index in [1.807, 2.05) is 31.4 Å². The summed E-state index contributed by atoms with van der Waals surface area (Å²) < 4.78 is 0. The van der Waals surface area contributed by atoms with Crippen molar-refractivity contribution in [1.29, 1.82) is 0 Å². The van der Waals surface area contributed by atoms with Gasteiger partial charge in [0, 0.05) is 17.1 Å². The van der Waals surface area contributed by atoms with E-state index >= 15 is 0 Å². The van der Waals surface area contributed by atoms with Crippen LogP contribution in [0.25, 0.3) is 10.9 Å². The molecule has 0 unspecified atom stereocenters. The number of hydrogen-bond acceptors (Lipinski definition) is 3. The number of hydrazine groups is 1. The Balaban J connectivity index is 2.85. The van der Waals surface area contributed by atoms with Crippen LogP contribution in [-0.4, -0.2) is 10.9 Å². The van der Waals surface area contributed by atoms with Gasteiger partial charge in [0.15, 0.2) is 0 Å². The summed E-state index contributed by atoms with van der Waals surface area (Å²) in [5, 5.41) is 0.525. The van der Waals surface area contributed by atoms with Crippen LogP contribution >= 0.6 is 0 Å². The summed E-state index contributed by atoms with van der Waals surface area (Å²) in [5.74, 6) is 4.44. The lowest BCUT2D eigenvalue weighted by atomic mass is 10.0. The number of H-pyrrole nitrogens is 1. The molecular formula is C12H13N3O2. The standard InChI is InChI=1S/C12H13N3O2/c1-6-3-7(2)10-9(4-6)14-5-8(11(10)16)12(17)15-13/h3-5H,13H2,1-2H3,(H,14,16)(H,15,17). The van der Waals surface area contributed by atoms with Crippen LogP contribution in [0.4, 0.5) is 0 Å². The third-order valence-corrected chi connectivity index (χ3v) is 2.70. The van der Waals surface area contributed by atoms with Gasteiger partial charge >= 0.3 is 0 Å². The highest BCUT2D eigenvalue weighted by molar-refractivity contribution is 5.97. The Bertz CT molecular complexity index is 659. The first-order valence-corrected chi connectivity index (χ1v) is 5.18. The van der Waals surface area contributed by atoms with Gasteiger partial charge in [-0.1, -0.05) is 6.07 Å². The van der Waals surface area contributed by atoms with Gasteiger partial charge in [-0.25, -0.2) is 5.84 Å². The van der Waals surface area contributed by atoms with E-state index in [-0.39, 0.29) is 11.0 Å². The molecule has 0 fully saturated rings. The summed E-state index contributed by atoms with van der Waals surface area (Å²) >= 11 is 0. The molecule has 1 aromatic heterocycles. The Hall–Kier alpha value is -2.14. The number of nitrogen functional groups attached to an aromatic ring is 1. The molecule has 5 heteroatoms. The predicted octanol–water partition coefficient (Wildman–Crippen LogP) is 0.748. The third kappa shape index (κ3) is 1.81. The predicted molar refractivity (Wildman–Crippen MR) is 65.7 cm³/mol. The van der Waals surface area contributed by atoms with Gasteiger partial charge in [0.25, 0.3) is 5.91 Å². The molecule has 0 aliphatic carbocycles. The van der Waals surface area contributed by atoms with Crippen molar-refractivity contribution < 1.29 is 4.79 Å². The Morgan fingerprint density at radius 1 is 1.35 bits per heavy atom. The first kappa shape index (κ1) is 11.3. The maximum Gasteiger partial charge on any atom is 0.270 e. The number of rotatable bonds is 1. The van der Waals surface area contributed by atoms with Crippen molar-refractivity contribution in [3.8, 4) is 0 Å². The minimum Gasteiger partial charge on any atom is -0.360 e. The van der Waals surface area contributed by atoms with Gasteiger partial charge in [-0.15, -0.1) is 0 Å². The number of nitrogens with one attached hydrogen (secondary N) is 2. The second kappa shape index (κ2) is 4.03. The molecule has 0 atom stereocenters. The molecule has 1 heterocycles. The zero-order chi connectivity index (χ0) is 12.6. The van der Waals surface area contributed by atoms with Crippen molar-refractivity contribution in [2.45, 2.75) is 13.8 Å². The molecule has 1 amide bonds. The number of aromatic nitrogens is 1. The molecule has 0 aliphatic rings. The van der Waals surface area contributed by atoms with E-state index in [9.17, 15) is 9.59 Å². The summed E-state index contributed by atoms with van der Waals surface area (Å²) in [6.45, 7) is 3.79. The molecule has 0 aliphatic heterocycles. The van der Waals surface area contributed by atoms with Gasteiger partial charge < -0.3 is 4.98 Å². The second-order valence-corrected chi connectivity index (χ2v) is 4.01. The molecule has 5 nitrogen and oxygen atoms in total. The molecular weight excluding hydrogens is 218 g/mol. The van der Waals surface area contributed by atoms with E-state index in [4.69, 9.17) is 5.84 Å². The SMILES string of the molecule is Cc1cc(C)c2c(=O)c(C(=O)NN)c[nH]c2c1. The lowest BCUT2D eigenvalue weighted by Gasteiger charge is -2.06. The number of nitrogens with two attached hydrogens (primary N) is 1. The summed E-state index contributed by atoms with van der Waals surface area (Å²) in [5.41, 5.74) is 4.29. The normalized spacial score (nSPS) is 10.5. The first-order chi connectivity index (χ1) is 8.04. The van der Waals surface area contributed by atoms with Crippen molar-refractivity contribution in [3.05, 3.63) is 45.2 Å². The van der Waals surface area contributed by atoms with Crippen molar-refractivity contribution >= 4 is 16.8 Å². The van der Waals surface area contributed by atoms with Crippen LogP contribution in [0.1, 0.15) is 21.5 Å². The number of hydrogen-bond donors (Lipinski definition) is 3. The highest BCUT2D eigenvalue weighted by Crippen LogP contribution is 2.15. The summed E-state index contributed by atoms with van der Waals surface area (Å²) in [6, 6.07) is 3.77. The molecule has 0 saturated carbocycles. The maximum absolute atomic E-state index is 12.1. The molecule has 2 aromatic rings. The number of fused-ring (bicyclic) bond motifs is 1. The van der Waals surface area contributed by atoms with Gasteiger partial charge in [0.05, 0.1) is 0 Å². The zero-order valence-electron chi connectivity index (χ0n) is 9.63. The summed E-state index contributed by atoms with van der Waals surface area (Å²) in [4.78, 5) is 26.5. The maximum atomic E-state index is 12.1. The van der Waals surface area contributed by atoms with Gasteiger partial charge in [-0.2, -0.15) is 0 Å². The fourth-order valence-corrected chi connectivity index (χ4v) is 1.98. The minimum absolute atomic E-state index is 0.0203. The van der Waals surface area contributed by atoms with E-state index in [0.717, 1.165) is 16.6 Å². The number of benzene rings is 1. The molecule has 2 rings (SSSR count). The van der Waals surface area contributed by atoms with Gasteiger partial charge in [0.1, 0.15) is 5.56 Å². The van der Waals surface area contributed by atoms with Gasteiger partial charge in [-0.3, -0.25) is 15.0 Å². The average molecular weight is 231 g/mol. The molecule has 4 N–H and O–H groups in total. The Morgan fingerprint density at radius 3 is 2.71 bits per heavy atom. The zero-order valence-corrected chi connectivity index (χ0v) is 9.63. The molecule has 88 valence electrons.